The Morgan fingerprint density at radius 1 is 1.43 bits per heavy atom. The molecule has 0 saturated heterocycles. The van der Waals surface area contributed by atoms with Gasteiger partial charge >= 0.3 is 0 Å². The number of amidine groups is 1. The number of hydrogen-bond donors (Lipinski definition) is 1. The number of aliphatic imine (C=N–C) groups is 1. The van der Waals surface area contributed by atoms with Gasteiger partial charge in [-0.3, -0.25) is 19.2 Å². The summed E-state index contributed by atoms with van der Waals surface area (Å²) >= 11 is 1.17. The number of aryl methyl sites for hydroxylation is 1. The molecule has 1 aliphatic heterocycles. The van der Waals surface area contributed by atoms with Crippen LogP contribution in [0.15, 0.2) is 23.1 Å². The highest BCUT2D eigenvalue weighted by Gasteiger charge is 2.29. The molecule has 2 N–H and O–H groups in total. The topological polar surface area (TPSA) is 93.6 Å². The predicted molar refractivity (Wildman–Crippen MR) is 82.4 cm³/mol. The number of aromatic nitrogens is 2. The van der Waals surface area contributed by atoms with Crippen LogP contribution in [-0.4, -0.2) is 44.0 Å². The second kappa shape index (κ2) is 6.57. The lowest BCUT2D eigenvalue weighted by atomic mass is 10.3. The second-order valence-electron chi connectivity index (χ2n) is 4.36. The summed E-state index contributed by atoms with van der Waals surface area (Å²) in [6.45, 7) is 5.10. The fraction of sp³-hybridized carbons (Fsp3) is 0.385. The molecule has 0 aliphatic carbocycles. The van der Waals surface area contributed by atoms with E-state index in [0.717, 1.165) is 12.1 Å². The summed E-state index contributed by atoms with van der Waals surface area (Å²) in [4.78, 5) is 28.9. The van der Waals surface area contributed by atoms with Gasteiger partial charge in [0.05, 0.1) is 11.9 Å². The Balaban J connectivity index is 2.22. The van der Waals surface area contributed by atoms with Gasteiger partial charge in [0.15, 0.2) is 5.17 Å². The van der Waals surface area contributed by atoms with E-state index in [9.17, 15) is 9.59 Å². The van der Waals surface area contributed by atoms with Gasteiger partial charge in [-0.2, -0.15) is 5.10 Å². The molecule has 1 aliphatic rings. The van der Waals surface area contributed by atoms with Crippen LogP contribution in [0.3, 0.4) is 0 Å². The quantitative estimate of drug-likeness (QED) is 0.809. The van der Waals surface area contributed by atoms with Crippen molar-refractivity contribution >= 4 is 34.8 Å². The summed E-state index contributed by atoms with van der Waals surface area (Å²) in [5.41, 5.74) is 6.29. The van der Waals surface area contributed by atoms with Crippen molar-refractivity contribution in [3.8, 4) is 0 Å². The Morgan fingerprint density at radius 3 is 2.76 bits per heavy atom. The molecular weight excluding hydrogens is 290 g/mol. The van der Waals surface area contributed by atoms with Crippen molar-refractivity contribution in [1.82, 2.24) is 14.7 Å². The SMILES string of the molecule is CCN1C(=O)/C(=C\c2cnn(CC)c2)N=C1SCC(N)=O. The number of thioether (sulfide) groups is 1. The van der Waals surface area contributed by atoms with Gasteiger partial charge < -0.3 is 5.73 Å². The molecule has 2 amide bonds. The van der Waals surface area contributed by atoms with Crippen LogP contribution in [-0.2, 0) is 16.1 Å². The summed E-state index contributed by atoms with van der Waals surface area (Å²) in [6, 6.07) is 0. The Hall–Kier alpha value is -2.09. The van der Waals surface area contributed by atoms with Gasteiger partial charge in [-0.05, 0) is 19.9 Å². The molecular formula is C13H17N5O2S. The van der Waals surface area contributed by atoms with Crippen molar-refractivity contribution in [2.24, 2.45) is 10.7 Å². The third-order valence-electron chi connectivity index (χ3n) is 2.85. The van der Waals surface area contributed by atoms with E-state index in [2.05, 4.69) is 10.1 Å². The molecule has 0 atom stereocenters. The van der Waals surface area contributed by atoms with Crippen LogP contribution in [0.1, 0.15) is 19.4 Å². The maximum atomic E-state index is 12.3. The van der Waals surface area contributed by atoms with Crippen molar-refractivity contribution in [2.45, 2.75) is 20.4 Å². The molecule has 0 spiro atoms. The molecule has 112 valence electrons. The molecule has 0 radical (unpaired) electrons. The van der Waals surface area contributed by atoms with Gasteiger partial charge in [-0.1, -0.05) is 11.8 Å². The molecule has 1 aromatic heterocycles. The van der Waals surface area contributed by atoms with Gasteiger partial charge in [0.1, 0.15) is 5.70 Å². The van der Waals surface area contributed by atoms with Gasteiger partial charge in [0.25, 0.3) is 5.91 Å². The first-order valence-electron chi connectivity index (χ1n) is 6.61. The molecule has 7 nitrogen and oxygen atoms in total. The zero-order valence-electron chi connectivity index (χ0n) is 11.9. The first kappa shape index (κ1) is 15.3. The molecule has 21 heavy (non-hydrogen) atoms. The van der Waals surface area contributed by atoms with Gasteiger partial charge in [-0.25, -0.2) is 4.99 Å². The zero-order valence-corrected chi connectivity index (χ0v) is 12.8. The molecule has 2 heterocycles. The lowest BCUT2D eigenvalue weighted by Gasteiger charge is -2.13. The number of likely N-dealkylation sites (N-methyl/N-ethyl adjacent to an activating group) is 1. The highest BCUT2D eigenvalue weighted by molar-refractivity contribution is 8.14. The minimum Gasteiger partial charge on any atom is -0.369 e. The van der Waals surface area contributed by atoms with Gasteiger partial charge in [0.2, 0.25) is 5.91 Å². The molecule has 1 aromatic rings. The monoisotopic (exact) mass is 307 g/mol. The normalized spacial score (nSPS) is 16.7. The zero-order chi connectivity index (χ0) is 15.4. The Morgan fingerprint density at radius 2 is 2.19 bits per heavy atom. The third-order valence-corrected chi connectivity index (χ3v) is 3.85. The highest BCUT2D eigenvalue weighted by Crippen LogP contribution is 2.23. The van der Waals surface area contributed by atoms with Crippen LogP contribution in [0.2, 0.25) is 0 Å². The lowest BCUT2D eigenvalue weighted by molar-refractivity contribution is -0.122. The van der Waals surface area contributed by atoms with Crippen molar-refractivity contribution in [1.29, 1.82) is 0 Å². The van der Waals surface area contributed by atoms with E-state index in [4.69, 9.17) is 5.73 Å². The van der Waals surface area contributed by atoms with Crippen LogP contribution < -0.4 is 5.73 Å². The third kappa shape index (κ3) is 3.52. The van der Waals surface area contributed by atoms with E-state index in [-0.39, 0.29) is 11.7 Å². The Bertz CT molecular complexity index is 620. The average molecular weight is 307 g/mol. The minimum absolute atomic E-state index is 0.101. The summed E-state index contributed by atoms with van der Waals surface area (Å²) in [5, 5.41) is 4.66. The lowest BCUT2D eigenvalue weighted by Crippen LogP contribution is -2.31. The molecule has 0 unspecified atom stereocenters. The minimum atomic E-state index is -0.437. The number of rotatable bonds is 5. The number of nitrogens with zero attached hydrogens (tertiary/aromatic N) is 4. The molecule has 0 aromatic carbocycles. The molecule has 0 bridgehead atoms. The van der Waals surface area contributed by atoms with Crippen LogP contribution >= 0.6 is 11.8 Å². The summed E-state index contributed by atoms with van der Waals surface area (Å²) in [5.74, 6) is -0.509. The van der Waals surface area contributed by atoms with E-state index < -0.39 is 5.91 Å². The summed E-state index contributed by atoms with van der Waals surface area (Å²) < 4.78 is 1.77. The second-order valence-corrected chi connectivity index (χ2v) is 5.30. The molecule has 0 saturated carbocycles. The van der Waals surface area contributed by atoms with Gasteiger partial charge in [-0.15, -0.1) is 0 Å². The van der Waals surface area contributed by atoms with Crippen molar-refractivity contribution in [3.05, 3.63) is 23.7 Å². The Labute approximate surface area is 126 Å². The Kier molecular flexibility index (Phi) is 4.79. The maximum Gasteiger partial charge on any atom is 0.278 e. The first-order chi connectivity index (χ1) is 10.0. The van der Waals surface area contributed by atoms with Crippen LogP contribution in [0.25, 0.3) is 6.08 Å². The number of hydrogen-bond acceptors (Lipinski definition) is 5. The van der Waals surface area contributed by atoms with Crippen molar-refractivity contribution in [3.63, 3.8) is 0 Å². The maximum absolute atomic E-state index is 12.3. The first-order valence-corrected chi connectivity index (χ1v) is 7.59. The predicted octanol–water partition coefficient (Wildman–Crippen LogP) is 0.680. The van der Waals surface area contributed by atoms with Crippen LogP contribution in [0.4, 0.5) is 0 Å². The van der Waals surface area contributed by atoms with Crippen LogP contribution in [0.5, 0.6) is 0 Å². The number of carbonyl (C=O) groups is 2. The fourth-order valence-corrected chi connectivity index (χ4v) is 2.64. The standard InChI is InChI=1S/C13H17N5O2S/c1-3-17-7-9(6-15-17)5-10-12(20)18(4-2)13(16-10)21-8-11(14)19/h5-7H,3-4,8H2,1-2H3,(H2,14,19)/b10-5+. The van der Waals surface area contributed by atoms with E-state index in [1.807, 2.05) is 20.0 Å². The molecule has 2 rings (SSSR count). The van der Waals surface area contributed by atoms with E-state index in [1.165, 1.54) is 16.7 Å². The summed E-state index contributed by atoms with van der Waals surface area (Å²) in [7, 11) is 0. The smallest absolute Gasteiger partial charge is 0.278 e. The van der Waals surface area contributed by atoms with Gasteiger partial charge in [0, 0.05) is 24.8 Å². The van der Waals surface area contributed by atoms with E-state index in [1.54, 1.807) is 17.0 Å². The number of nitrogens with two attached hydrogens (primary N) is 1. The largest absolute Gasteiger partial charge is 0.369 e. The van der Waals surface area contributed by atoms with E-state index in [0.29, 0.717) is 17.4 Å². The number of carbonyl (C=O) groups excluding carboxylic acids is 2. The average Bonchev–Trinajstić information content (AvgIpc) is 3.02. The summed E-state index contributed by atoms with van der Waals surface area (Å²) in [6.07, 6.45) is 5.23. The van der Waals surface area contributed by atoms with Crippen LogP contribution in [0, 0.1) is 0 Å². The van der Waals surface area contributed by atoms with Crippen molar-refractivity contribution < 1.29 is 9.59 Å². The number of amides is 2. The molecule has 8 heteroatoms. The fourth-order valence-electron chi connectivity index (χ4n) is 1.84. The van der Waals surface area contributed by atoms with E-state index >= 15 is 0 Å². The number of primary amides is 1. The highest BCUT2D eigenvalue weighted by atomic mass is 32.2. The van der Waals surface area contributed by atoms with Crippen molar-refractivity contribution in [2.75, 3.05) is 12.3 Å². The molecule has 0 fully saturated rings.